The summed E-state index contributed by atoms with van der Waals surface area (Å²) in [6, 6.07) is 5.97. The molecule has 3 fully saturated rings. The van der Waals surface area contributed by atoms with Crippen LogP contribution < -0.4 is 9.47 Å². The summed E-state index contributed by atoms with van der Waals surface area (Å²) in [5.41, 5.74) is 1.15. The number of carbonyl (C=O) groups excluding carboxylic acids is 3. The third-order valence-electron chi connectivity index (χ3n) is 7.42. The van der Waals surface area contributed by atoms with Crippen LogP contribution in [0, 0.1) is 23.7 Å². The van der Waals surface area contributed by atoms with E-state index in [4.69, 9.17) is 9.47 Å². The van der Waals surface area contributed by atoms with Crippen molar-refractivity contribution < 1.29 is 23.9 Å². The standard InChI is InChI=1S/C23H25N3O5/c27-19(12-26-22(28)20-15-2-3-16(10-15)21(20)23(26)29)25-7-5-24(6-8-25)11-14-1-4-17-18(9-14)31-13-30-17/h1-4,9,15-16,20-21H,5-8,10-13H2. The Morgan fingerprint density at radius 1 is 0.935 bits per heavy atom. The van der Waals surface area contributed by atoms with Crippen molar-refractivity contribution in [1.29, 1.82) is 0 Å². The second kappa shape index (κ2) is 7.09. The minimum absolute atomic E-state index is 0.119. The van der Waals surface area contributed by atoms with E-state index in [0.717, 1.165) is 43.1 Å². The van der Waals surface area contributed by atoms with Crippen molar-refractivity contribution in [3.63, 3.8) is 0 Å². The molecule has 2 saturated heterocycles. The molecule has 0 radical (unpaired) electrons. The first kappa shape index (κ1) is 18.9. The molecule has 0 spiro atoms. The number of hydrogen-bond acceptors (Lipinski definition) is 6. The maximum atomic E-state index is 12.9. The highest BCUT2D eigenvalue weighted by atomic mass is 16.7. The molecule has 0 aromatic heterocycles. The van der Waals surface area contributed by atoms with Gasteiger partial charge in [0.1, 0.15) is 6.54 Å². The van der Waals surface area contributed by atoms with E-state index in [-0.39, 0.29) is 54.7 Å². The van der Waals surface area contributed by atoms with Gasteiger partial charge in [0.2, 0.25) is 24.5 Å². The Hall–Kier alpha value is -2.87. The third-order valence-corrected chi connectivity index (χ3v) is 7.42. The van der Waals surface area contributed by atoms with Gasteiger partial charge >= 0.3 is 0 Å². The van der Waals surface area contributed by atoms with Gasteiger partial charge in [0.25, 0.3) is 0 Å². The molecule has 8 nitrogen and oxygen atoms in total. The Labute approximate surface area is 180 Å². The monoisotopic (exact) mass is 423 g/mol. The molecular formula is C23H25N3O5. The molecule has 162 valence electrons. The smallest absolute Gasteiger partial charge is 0.242 e. The number of likely N-dealkylation sites (tertiary alicyclic amines) is 1. The van der Waals surface area contributed by atoms with Crippen LogP contribution >= 0.6 is 0 Å². The van der Waals surface area contributed by atoms with Crippen molar-refractivity contribution in [3.8, 4) is 11.5 Å². The molecule has 1 aromatic carbocycles. The Kier molecular flexibility index (Phi) is 4.31. The van der Waals surface area contributed by atoms with Crippen LogP contribution in [0.3, 0.4) is 0 Å². The second-order valence-corrected chi connectivity index (χ2v) is 9.11. The number of rotatable bonds is 4. The van der Waals surface area contributed by atoms with Crippen LogP contribution in [0.1, 0.15) is 12.0 Å². The molecule has 31 heavy (non-hydrogen) atoms. The molecule has 4 unspecified atom stereocenters. The van der Waals surface area contributed by atoms with E-state index in [2.05, 4.69) is 17.1 Å². The highest BCUT2D eigenvalue weighted by Gasteiger charge is 2.59. The van der Waals surface area contributed by atoms with Crippen LogP contribution in [0.5, 0.6) is 11.5 Å². The van der Waals surface area contributed by atoms with Crippen LogP contribution in [0.15, 0.2) is 30.4 Å². The molecule has 0 N–H and O–H groups in total. The minimum Gasteiger partial charge on any atom is -0.454 e. The topological polar surface area (TPSA) is 79.4 Å². The van der Waals surface area contributed by atoms with E-state index in [0.29, 0.717) is 13.1 Å². The van der Waals surface area contributed by atoms with Crippen LogP contribution in [0.4, 0.5) is 0 Å². The quantitative estimate of drug-likeness (QED) is 0.528. The normalized spacial score (nSPS) is 31.1. The number of benzene rings is 1. The number of imide groups is 1. The van der Waals surface area contributed by atoms with E-state index in [1.54, 1.807) is 4.90 Å². The zero-order valence-corrected chi connectivity index (χ0v) is 17.2. The van der Waals surface area contributed by atoms with Crippen molar-refractivity contribution in [1.82, 2.24) is 14.7 Å². The zero-order valence-electron chi connectivity index (χ0n) is 17.2. The van der Waals surface area contributed by atoms with Gasteiger partial charge in [-0.2, -0.15) is 0 Å². The van der Waals surface area contributed by atoms with Gasteiger partial charge < -0.3 is 14.4 Å². The zero-order chi connectivity index (χ0) is 21.1. The number of hydrogen-bond donors (Lipinski definition) is 0. The molecule has 2 bridgehead atoms. The van der Waals surface area contributed by atoms with Crippen molar-refractivity contribution in [2.45, 2.75) is 13.0 Å². The van der Waals surface area contributed by atoms with E-state index in [1.807, 2.05) is 18.2 Å². The number of carbonyl (C=O) groups is 3. The van der Waals surface area contributed by atoms with Gasteiger partial charge in [0, 0.05) is 32.7 Å². The van der Waals surface area contributed by atoms with Gasteiger partial charge in [-0.25, -0.2) is 0 Å². The number of piperazine rings is 1. The predicted molar refractivity (Wildman–Crippen MR) is 109 cm³/mol. The Balaban J connectivity index is 1.03. The fourth-order valence-electron chi connectivity index (χ4n) is 5.81. The Morgan fingerprint density at radius 2 is 1.61 bits per heavy atom. The lowest BCUT2D eigenvalue weighted by Crippen LogP contribution is -2.51. The largest absolute Gasteiger partial charge is 0.454 e. The summed E-state index contributed by atoms with van der Waals surface area (Å²) in [4.78, 5) is 43.8. The van der Waals surface area contributed by atoms with Crippen LogP contribution in [0.25, 0.3) is 0 Å². The summed E-state index contributed by atoms with van der Waals surface area (Å²) in [7, 11) is 0. The molecule has 4 atom stereocenters. The molecule has 1 aromatic rings. The molecular weight excluding hydrogens is 398 g/mol. The molecule has 8 heteroatoms. The van der Waals surface area contributed by atoms with Crippen molar-refractivity contribution >= 4 is 17.7 Å². The molecule has 6 rings (SSSR count). The Bertz CT molecular complexity index is 953. The van der Waals surface area contributed by atoms with Crippen LogP contribution in [-0.4, -0.2) is 71.9 Å². The SMILES string of the molecule is O=C(CN1C(=O)C2C3C=CC(C3)C2C1=O)N1CCN(Cc2ccc3c(c2)OCO3)CC1. The van der Waals surface area contributed by atoms with E-state index >= 15 is 0 Å². The maximum Gasteiger partial charge on any atom is 0.242 e. The fourth-order valence-corrected chi connectivity index (χ4v) is 5.81. The van der Waals surface area contributed by atoms with Crippen LogP contribution in [0.2, 0.25) is 0 Å². The second-order valence-electron chi connectivity index (χ2n) is 9.11. The lowest BCUT2D eigenvalue weighted by atomic mass is 9.85. The average molecular weight is 423 g/mol. The lowest BCUT2D eigenvalue weighted by molar-refractivity contribution is -0.147. The van der Waals surface area contributed by atoms with Gasteiger partial charge in [0.05, 0.1) is 11.8 Å². The summed E-state index contributed by atoms with van der Waals surface area (Å²) < 4.78 is 10.8. The first-order valence-corrected chi connectivity index (χ1v) is 11.0. The average Bonchev–Trinajstić information content (AvgIpc) is 3.55. The first-order chi connectivity index (χ1) is 15.1. The molecule has 3 amide bonds. The van der Waals surface area contributed by atoms with Crippen molar-refractivity contribution in [3.05, 3.63) is 35.9 Å². The molecule has 1 saturated carbocycles. The summed E-state index contributed by atoms with van der Waals surface area (Å²) >= 11 is 0. The summed E-state index contributed by atoms with van der Waals surface area (Å²) in [5, 5.41) is 0. The van der Waals surface area contributed by atoms with Gasteiger partial charge in [-0.05, 0) is 36.0 Å². The molecule has 3 aliphatic heterocycles. The third kappa shape index (κ3) is 3.04. The molecule has 3 heterocycles. The van der Waals surface area contributed by atoms with Gasteiger partial charge in [-0.15, -0.1) is 0 Å². The number of amides is 3. The van der Waals surface area contributed by atoms with Crippen molar-refractivity contribution in [2.75, 3.05) is 39.5 Å². The van der Waals surface area contributed by atoms with Crippen molar-refractivity contribution in [2.24, 2.45) is 23.7 Å². The van der Waals surface area contributed by atoms with E-state index in [1.165, 1.54) is 4.90 Å². The summed E-state index contributed by atoms with van der Waals surface area (Å²) in [6.07, 6.45) is 5.04. The number of allylic oxidation sites excluding steroid dienone is 2. The van der Waals surface area contributed by atoms with Gasteiger partial charge in [0.15, 0.2) is 11.5 Å². The summed E-state index contributed by atoms with van der Waals surface area (Å²) in [6.45, 7) is 3.62. The fraction of sp³-hybridized carbons (Fsp3) is 0.522. The number of nitrogens with zero attached hydrogens (tertiary/aromatic N) is 3. The number of ether oxygens (including phenoxy) is 2. The minimum atomic E-state index is -0.242. The first-order valence-electron chi connectivity index (χ1n) is 11.0. The number of fused-ring (bicyclic) bond motifs is 6. The molecule has 5 aliphatic rings. The van der Waals surface area contributed by atoms with Gasteiger partial charge in [-0.1, -0.05) is 18.2 Å². The highest BCUT2D eigenvalue weighted by Crippen LogP contribution is 2.52. The Morgan fingerprint density at radius 3 is 2.32 bits per heavy atom. The van der Waals surface area contributed by atoms with Gasteiger partial charge in [-0.3, -0.25) is 24.2 Å². The highest BCUT2D eigenvalue weighted by molar-refractivity contribution is 6.08. The predicted octanol–water partition coefficient (Wildman–Crippen LogP) is 0.867. The molecule has 2 aliphatic carbocycles. The van der Waals surface area contributed by atoms with Crippen LogP contribution in [-0.2, 0) is 20.9 Å². The maximum absolute atomic E-state index is 12.9. The summed E-state index contributed by atoms with van der Waals surface area (Å²) in [5.74, 6) is 0.978. The van der Waals surface area contributed by atoms with E-state index in [9.17, 15) is 14.4 Å². The van der Waals surface area contributed by atoms with E-state index < -0.39 is 0 Å². The lowest BCUT2D eigenvalue weighted by Gasteiger charge is -2.35.